The topological polar surface area (TPSA) is 88.5 Å². The lowest BCUT2D eigenvalue weighted by molar-refractivity contribution is -0.140. The first-order chi connectivity index (χ1) is 18.6. The number of carbonyl (C=O) groups excluding carboxylic acids is 2. The van der Waals surface area contributed by atoms with E-state index >= 15 is 0 Å². The Labute approximate surface area is 231 Å². The Kier molecular flexibility index (Phi) is 10.2. The van der Waals surface area contributed by atoms with Crippen LogP contribution >= 0.6 is 0 Å². The molecule has 210 valence electrons. The van der Waals surface area contributed by atoms with Crippen LogP contribution in [0.1, 0.15) is 43.0 Å². The largest absolute Gasteiger partial charge is 0.507 e. The maximum atomic E-state index is 13.4. The van der Waals surface area contributed by atoms with E-state index in [2.05, 4.69) is 20.4 Å². The molecular weight excluding hydrogens is 496 g/mol. The molecule has 8 heteroatoms. The number of likely N-dealkylation sites (tertiary alicyclic amines) is 1. The summed E-state index contributed by atoms with van der Waals surface area (Å²) in [6, 6.07) is 9.78. The lowest BCUT2D eigenvalue weighted by atomic mass is 9.93. The summed E-state index contributed by atoms with van der Waals surface area (Å²) in [5.74, 6) is 0.590. The van der Waals surface area contributed by atoms with Crippen molar-refractivity contribution in [3.8, 4) is 17.2 Å². The molecule has 39 heavy (non-hydrogen) atoms. The fourth-order valence-electron chi connectivity index (χ4n) is 4.43. The minimum atomic E-state index is -0.792. The van der Waals surface area contributed by atoms with Gasteiger partial charge in [0.2, 0.25) is 0 Å². The minimum absolute atomic E-state index is 0.0390. The van der Waals surface area contributed by atoms with Crippen LogP contribution in [-0.2, 0) is 9.59 Å². The molecule has 8 nitrogen and oxygen atoms in total. The van der Waals surface area contributed by atoms with Crippen molar-refractivity contribution in [1.82, 2.24) is 9.80 Å². The molecule has 0 aliphatic carbocycles. The second-order valence-electron chi connectivity index (χ2n) is 10.3. The van der Waals surface area contributed by atoms with Gasteiger partial charge in [0.15, 0.2) is 11.5 Å². The number of ether oxygens (including phenoxy) is 3. The maximum Gasteiger partial charge on any atom is 0.295 e. The highest BCUT2D eigenvalue weighted by Gasteiger charge is 2.46. The maximum absolute atomic E-state index is 13.4. The van der Waals surface area contributed by atoms with E-state index in [1.54, 1.807) is 43.5 Å². The number of Topliss-reactive ketones (excluding diaryl/α,β-unsaturated/α-hetero) is 1. The molecule has 1 unspecified atom stereocenters. The lowest BCUT2D eigenvalue weighted by Crippen LogP contribution is -2.35. The Morgan fingerprint density at radius 1 is 1.13 bits per heavy atom. The number of hydrogen-bond donors (Lipinski definition) is 1. The van der Waals surface area contributed by atoms with E-state index < -0.39 is 17.7 Å². The van der Waals surface area contributed by atoms with Crippen LogP contribution in [0.4, 0.5) is 0 Å². The molecule has 3 rings (SSSR count). The number of carbonyl (C=O) groups is 2. The predicted octanol–water partition coefficient (Wildman–Crippen LogP) is 4.98. The van der Waals surface area contributed by atoms with Gasteiger partial charge in [-0.1, -0.05) is 32.6 Å². The number of nitrogens with zero attached hydrogens (tertiary/aromatic N) is 2. The van der Waals surface area contributed by atoms with Crippen molar-refractivity contribution in [3.05, 3.63) is 71.3 Å². The van der Waals surface area contributed by atoms with Gasteiger partial charge in [0.1, 0.15) is 18.1 Å². The van der Waals surface area contributed by atoms with Gasteiger partial charge in [0.25, 0.3) is 11.7 Å². The molecule has 1 heterocycles. The first kappa shape index (κ1) is 29.8. The number of amides is 1. The number of rotatable bonds is 13. The predicted molar refractivity (Wildman–Crippen MR) is 152 cm³/mol. The molecule has 1 saturated heterocycles. The minimum Gasteiger partial charge on any atom is -0.507 e. The zero-order valence-corrected chi connectivity index (χ0v) is 23.8. The summed E-state index contributed by atoms with van der Waals surface area (Å²) in [6.07, 6.45) is 2.54. The van der Waals surface area contributed by atoms with Crippen LogP contribution in [0.25, 0.3) is 5.76 Å². The van der Waals surface area contributed by atoms with Gasteiger partial charge in [-0.15, -0.1) is 0 Å². The smallest absolute Gasteiger partial charge is 0.295 e. The van der Waals surface area contributed by atoms with E-state index in [-0.39, 0.29) is 11.3 Å². The van der Waals surface area contributed by atoms with E-state index in [0.717, 1.165) is 6.42 Å². The number of aliphatic hydroxyl groups is 1. The molecule has 0 aromatic heterocycles. The van der Waals surface area contributed by atoms with Gasteiger partial charge in [-0.2, -0.15) is 0 Å². The highest BCUT2D eigenvalue weighted by molar-refractivity contribution is 6.46. The highest BCUT2D eigenvalue weighted by Crippen LogP contribution is 2.42. The second-order valence-corrected chi connectivity index (χ2v) is 10.3. The number of ketones is 1. The third-order valence-corrected chi connectivity index (χ3v) is 6.61. The summed E-state index contributed by atoms with van der Waals surface area (Å²) >= 11 is 0. The van der Waals surface area contributed by atoms with Gasteiger partial charge in [0, 0.05) is 18.7 Å². The number of hydrogen-bond acceptors (Lipinski definition) is 7. The zero-order chi connectivity index (χ0) is 28.7. The van der Waals surface area contributed by atoms with Gasteiger partial charge in [0.05, 0.1) is 25.3 Å². The molecule has 2 aromatic rings. The Morgan fingerprint density at radius 2 is 1.87 bits per heavy atom. The number of likely N-dealkylation sites (N-methyl/N-ethyl adjacent to an activating group) is 1. The summed E-state index contributed by atoms with van der Waals surface area (Å²) in [7, 11) is 5.35. The molecule has 1 atom stereocenters. The fourth-order valence-corrected chi connectivity index (χ4v) is 4.43. The third kappa shape index (κ3) is 7.00. The van der Waals surface area contributed by atoms with Crippen molar-refractivity contribution in [2.75, 3.05) is 47.5 Å². The van der Waals surface area contributed by atoms with Crippen LogP contribution in [0.5, 0.6) is 17.2 Å². The first-order valence-electron chi connectivity index (χ1n) is 13.2. The van der Waals surface area contributed by atoms with Crippen LogP contribution in [0.2, 0.25) is 0 Å². The molecule has 0 saturated carbocycles. The van der Waals surface area contributed by atoms with Crippen LogP contribution < -0.4 is 14.2 Å². The quantitative estimate of drug-likeness (QED) is 0.167. The first-order valence-corrected chi connectivity index (χ1v) is 13.2. The molecule has 1 N–H and O–H groups in total. The van der Waals surface area contributed by atoms with Crippen LogP contribution in [0.3, 0.4) is 0 Å². The Balaban J connectivity index is 2.10. The van der Waals surface area contributed by atoms with Gasteiger partial charge >= 0.3 is 0 Å². The van der Waals surface area contributed by atoms with E-state index in [1.165, 1.54) is 4.90 Å². The molecule has 1 amide bonds. The Hall–Kier alpha value is -3.78. The summed E-state index contributed by atoms with van der Waals surface area (Å²) < 4.78 is 17.2. The summed E-state index contributed by atoms with van der Waals surface area (Å²) in [6.45, 7) is 11.5. The standard InChI is InChI=1S/C31H40N2O6/c1-8-16-38-23-10-11-24(21(4)18-23)29(34)27-28(33(15-14-32(5)6)31(36)30(27)35)22-9-12-25(26(19-22)37-7)39-17-13-20(2)3/h8-12,18-20,28,34H,1,13-17H2,2-7H3/b29-27+. The molecule has 0 radical (unpaired) electrons. The SMILES string of the molecule is C=CCOc1ccc(/C(O)=C2\C(=O)C(=O)N(CCN(C)C)C2c2ccc(OCCC(C)C)c(OC)c2)c(C)c1. The summed E-state index contributed by atoms with van der Waals surface area (Å²) in [5.41, 5.74) is 1.85. The monoisotopic (exact) mass is 536 g/mol. The molecule has 2 aromatic carbocycles. The van der Waals surface area contributed by atoms with E-state index in [0.29, 0.717) is 66.2 Å². The molecule has 1 aliphatic rings. The van der Waals surface area contributed by atoms with Crippen LogP contribution in [0.15, 0.2) is 54.6 Å². The van der Waals surface area contributed by atoms with Crippen molar-refractivity contribution in [1.29, 1.82) is 0 Å². The van der Waals surface area contributed by atoms with Gasteiger partial charge < -0.3 is 29.1 Å². The van der Waals surface area contributed by atoms with Crippen molar-refractivity contribution < 1.29 is 28.9 Å². The van der Waals surface area contributed by atoms with Crippen LogP contribution in [0, 0.1) is 12.8 Å². The number of aliphatic hydroxyl groups excluding tert-OH is 1. The van der Waals surface area contributed by atoms with Crippen molar-refractivity contribution in [3.63, 3.8) is 0 Å². The van der Waals surface area contributed by atoms with Crippen molar-refractivity contribution in [2.24, 2.45) is 5.92 Å². The number of methoxy groups -OCH3 is 1. The summed E-state index contributed by atoms with van der Waals surface area (Å²) in [4.78, 5) is 30.1. The third-order valence-electron chi connectivity index (χ3n) is 6.61. The molecule has 1 fully saturated rings. The fraction of sp³-hybridized carbons (Fsp3) is 0.419. The highest BCUT2D eigenvalue weighted by atomic mass is 16.5. The van der Waals surface area contributed by atoms with Gasteiger partial charge in [-0.3, -0.25) is 9.59 Å². The normalized spacial score (nSPS) is 16.7. The van der Waals surface area contributed by atoms with Gasteiger partial charge in [-0.25, -0.2) is 0 Å². The summed E-state index contributed by atoms with van der Waals surface area (Å²) in [5, 5.41) is 11.5. The number of aryl methyl sites for hydroxylation is 1. The average molecular weight is 537 g/mol. The Morgan fingerprint density at radius 3 is 2.49 bits per heavy atom. The van der Waals surface area contributed by atoms with Crippen molar-refractivity contribution in [2.45, 2.75) is 33.2 Å². The zero-order valence-electron chi connectivity index (χ0n) is 23.8. The Bertz CT molecular complexity index is 1230. The number of benzene rings is 2. The van der Waals surface area contributed by atoms with E-state index in [4.69, 9.17) is 14.2 Å². The molecule has 0 spiro atoms. The average Bonchev–Trinajstić information content (AvgIpc) is 3.15. The molecule has 0 bridgehead atoms. The van der Waals surface area contributed by atoms with Crippen LogP contribution in [-0.4, -0.2) is 74.1 Å². The molecule has 1 aliphatic heterocycles. The lowest BCUT2D eigenvalue weighted by Gasteiger charge is -2.27. The van der Waals surface area contributed by atoms with E-state index in [9.17, 15) is 14.7 Å². The van der Waals surface area contributed by atoms with Gasteiger partial charge in [-0.05, 0) is 74.8 Å². The molecular formula is C31H40N2O6. The van der Waals surface area contributed by atoms with E-state index in [1.807, 2.05) is 32.0 Å². The second kappa shape index (κ2) is 13.3. The van der Waals surface area contributed by atoms with Crippen molar-refractivity contribution >= 4 is 17.4 Å².